The first-order valence-electron chi connectivity index (χ1n) is 6.53. The van der Waals surface area contributed by atoms with Gasteiger partial charge in [0.2, 0.25) is 0 Å². The summed E-state index contributed by atoms with van der Waals surface area (Å²) < 4.78 is 32.9. The summed E-state index contributed by atoms with van der Waals surface area (Å²) >= 11 is 0. The maximum Gasteiger partial charge on any atom is 0.322 e. The maximum absolute atomic E-state index is 12.6. The predicted octanol–water partition coefficient (Wildman–Crippen LogP) is -0.109. The number of carboxylic acid groups (broad SMARTS) is 1. The molecule has 2 heterocycles. The first-order chi connectivity index (χ1) is 8.94. The van der Waals surface area contributed by atoms with E-state index in [-0.39, 0.29) is 19.1 Å². The Kier molecular flexibility index (Phi) is 4.44. The van der Waals surface area contributed by atoms with Gasteiger partial charge in [-0.2, -0.15) is 17.0 Å². The van der Waals surface area contributed by atoms with Gasteiger partial charge in [0.1, 0.15) is 6.04 Å². The molecule has 2 fully saturated rings. The molecule has 110 valence electrons. The molecular weight excluding hydrogens is 272 g/mol. The zero-order valence-electron chi connectivity index (χ0n) is 11.0. The molecule has 0 spiro atoms. The second kappa shape index (κ2) is 5.74. The minimum absolute atomic E-state index is 0.255. The molecule has 0 aromatic rings. The Morgan fingerprint density at radius 2 is 2.00 bits per heavy atom. The lowest BCUT2D eigenvalue weighted by Crippen LogP contribution is -2.57. The molecule has 0 bridgehead atoms. The van der Waals surface area contributed by atoms with E-state index in [4.69, 9.17) is 4.74 Å². The van der Waals surface area contributed by atoms with Gasteiger partial charge in [-0.1, -0.05) is 0 Å². The van der Waals surface area contributed by atoms with Crippen molar-refractivity contribution in [3.05, 3.63) is 0 Å². The van der Waals surface area contributed by atoms with Gasteiger partial charge in [-0.05, 0) is 26.2 Å². The number of morpholine rings is 1. The fourth-order valence-electron chi connectivity index (χ4n) is 2.62. The molecule has 0 aromatic heterocycles. The first-order valence-corrected chi connectivity index (χ1v) is 7.93. The van der Waals surface area contributed by atoms with Crippen molar-refractivity contribution in [3.8, 4) is 0 Å². The molecule has 0 aliphatic carbocycles. The SMILES string of the molecule is C[C@@H]1COCCN1S(=O)(=O)N1CCCC[C@H]1C(=O)O. The summed E-state index contributed by atoms with van der Waals surface area (Å²) in [4.78, 5) is 11.2. The van der Waals surface area contributed by atoms with E-state index in [1.54, 1.807) is 6.92 Å². The normalized spacial score (nSPS) is 31.2. The highest BCUT2D eigenvalue weighted by Gasteiger charge is 2.42. The fourth-order valence-corrected chi connectivity index (χ4v) is 4.58. The standard InChI is InChI=1S/C11H20N2O5S/c1-9-8-18-7-6-12(9)19(16,17)13-5-3-2-4-10(13)11(14)15/h9-10H,2-8H2,1H3,(H,14,15)/t9-,10+/m1/s1. The van der Waals surface area contributed by atoms with E-state index >= 15 is 0 Å². The largest absolute Gasteiger partial charge is 0.480 e. The molecule has 2 rings (SSSR count). The lowest BCUT2D eigenvalue weighted by Gasteiger charge is -2.39. The molecule has 2 aliphatic rings. The number of rotatable bonds is 3. The number of hydrogen-bond acceptors (Lipinski definition) is 4. The van der Waals surface area contributed by atoms with Gasteiger partial charge in [0.05, 0.1) is 13.2 Å². The predicted molar refractivity (Wildman–Crippen MR) is 67.9 cm³/mol. The molecular formula is C11H20N2O5S. The van der Waals surface area contributed by atoms with Gasteiger partial charge in [-0.15, -0.1) is 0 Å². The molecule has 0 unspecified atom stereocenters. The molecule has 2 saturated heterocycles. The average molecular weight is 292 g/mol. The summed E-state index contributed by atoms with van der Waals surface area (Å²) in [5.74, 6) is -1.07. The van der Waals surface area contributed by atoms with Crippen molar-refractivity contribution >= 4 is 16.2 Å². The number of carboxylic acids is 1. The molecule has 19 heavy (non-hydrogen) atoms. The van der Waals surface area contributed by atoms with Crippen molar-refractivity contribution in [2.24, 2.45) is 0 Å². The number of ether oxygens (including phenoxy) is 1. The number of hydrogen-bond donors (Lipinski definition) is 1. The smallest absolute Gasteiger partial charge is 0.322 e. The monoisotopic (exact) mass is 292 g/mol. The van der Waals surface area contributed by atoms with Crippen LogP contribution in [-0.2, 0) is 19.7 Å². The molecule has 0 aromatic carbocycles. The highest BCUT2D eigenvalue weighted by atomic mass is 32.2. The van der Waals surface area contributed by atoms with Crippen LogP contribution in [0.4, 0.5) is 0 Å². The molecule has 7 nitrogen and oxygen atoms in total. The van der Waals surface area contributed by atoms with Gasteiger partial charge < -0.3 is 9.84 Å². The van der Waals surface area contributed by atoms with Crippen LogP contribution in [0, 0.1) is 0 Å². The van der Waals surface area contributed by atoms with Crippen LogP contribution in [0.1, 0.15) is 26.2 Å². The fraction of sp³-hybridized carbons (Fsp3) is 0.909. The van der Waals surface area contributed by atoms with Gasteiger partial charge in [0.15, 0.2) is 0 Å². The summed E-state index contributed by atoms with van der Waals surface area (Å²) in [7, 11) is -3.72. The molecule has 1 N–H and O–H groups in total. The van der Waals surface area contributed by atoms with Crippen LogP contribution in [0.25, 0.3) is 0 Å². The zero-order valence-corrected chi connectivity index (χ0v) is 11.8. The average Bonchev–Trinajstić information content (AvgIpc) is 2.39. The highest BCUT2D eigenvalue weighted by Crippen LogP contribution is 2.25. The Bertz CT molecular complexity index is 438. The molecule has 2 aliphatic heterocycles. The van der Waals surface area contributed by atoms with Gasteiger partial charge in [-0.25, -0.2) is 0 Å². The summed E-state index contributed by atoms with van der Waals surface area (Å²) in [6, 6.07) is -1.19. The molecule has 0 amide bonds. The molecule has 0 saturated carbocycles. The Morgan fingerprint density at radius 1 is 1.26 bits per heavy atom. The lowest BCUT2D eigenvalue weighted by atomic mass is 10.1. The zero-order chi connectivity index (χ0) is 14.0. The summed E-state index contributed by atoms with van der Waals surface area (Å²) in [6.07, 6.45) is 1.84. The number of nitrogens with zero attached hydrogens (tertiary/aromatic N) is 2. The van der Waals surface area contributed by atoms with E-state index in [2.05, 4.69) is 0 Å². The van der Waals surface area contributed by atoms with Crippen molar-refractivity contribution in [1.82, 2.24) is 8.61 Å². The lowest BCUT2D eigenvalue weighted by molar-refractivity contribution is -0.142. The topological polar surface area (TPSA) is 87.2 Å². The van der Waals surface area contributed by atoms with Crippen molar-refractivity contribution in [2.75, 3.05) is 26.3 Å². The van der Waals surface area contributed by atoms with Crippen LogP contribution in [0.2, 0.25) is 0 Å². The molecule has 8 heteroatoms. The van der Waals surface area contributed by atoms with Crippen LogP contribution in [0.3, 0.4) is 0 Å². The van der Waals surface area contributed by atoms with E-state index in [0.717, 1.165) is 10.7 Å². The minimum atomic E-state index is -3.72. The van der Waals surface area contributed by atoms with Crippen molar-refractivity contribution in [2.45, 2.75) is 38.3 Å². The van der Waals surface area contributed by atoms with E-state index in [1.165, 1.54) is 4.31 Å². The Hall–Kier alpha value is -0.700. The summed E-state index contributed by atoms with van der Waals surface area (Å²) in [5.41, 5.74) is 0. The second-order valence-electron chi connectivity index (χ2n) is 5.00. The summed E-state index contributed by atoms with van der Waals surface area (Å²) in [6.45, 7) is 3.05. The van der Waals surface area contributed by atoms with Crippen LogP contribution >= 0.6 is 0 Å². The first kappa shape index (κ1) is 14.7. The highest BCUT2D eigenvalue weighted by molar-refractivity contribution is 7.86. The third-order valence-corrected chi connectivity index (χ3v) is 5.80. The van der Waals surface area contributed by atoms with Crippen molar-refractivity contribution < 1.29 is 23.1 Å². The maximum atomic E-state index is 12.6. The van der Waals surface area contributed by atoms with Crippen molar-refractivity contribution in [1.29, 1.82) is 0 Å². The van der Waals surface area contributed by atoms with E-state index in [9.17, 15) is 18.3 Å². The number of aliphatic carboxylic acids is 1. The van der Waals surface area contributed by atoms with E-state index in [1.807, 2.05) is 0 Å². The Balaban J connectivity index is 2.23. The van der Waals surface area contributed by atoms with Crippen LogP contribution < -0.4 is 0 Å². The number of piperidine rings is 1. The Morgan fingerprint density at radius 3 is 2.63 bits per heavy atom. The van der Waals surface area contributed by atoms with Gasteiger partial charge >= 0.3 is 5.97 Å². The summed E-state index contributed by atoms with van der Waals surface area (Å²) in [5, 5.41) is 9.19. The van der Waals surface area contributed by atoms with Crippen molar-refractivity contribution in [3.63, 3.8) is 0 Å². The van der Waals surface area contributed by atoms with E-state index < -0.39 is 22.2 Å². The van der Waals surface area contributed by atoms with E-state index in [0.29, 0.717) is 26.1 Å². The van der Waals surface area contributed by atoms with Gasteiger partial charge in [0.25, 0.3) is 10.2 Å². The van der Waals surface area contributed by atoms with Crippen LogP contribution in [0.5, 0.6) is 0 Å². The van der Waals surface area contributed by atoms with Crippen LogP contribution in [0.15, 0.2) is 0 Å². The Labute approximate surface area is 113 Å². The number of carbonyl (C=O) groups is 1. The third kappa shape index (κ3) is 2.91. The third-order valence-electron chi connectivity index (χ3n) is 3.64. The minimum Gasteiger partial charge on any atom is -0.480 e. The molecule has 2 atom stereocenters. The van der Waals surface area contributed by atoms with Gasteiger partial charge in [-0.3, -0.25) is 4.79 Å². The van der Waals surface area contributed by atoms with Gasteiger partial charge in [0, 0.05) is 19.1 Å². The second-order valence-corrected chi connectivity index (χ2v) is 6.84. The van der Waals surface area contributed by atoms with Crippen LogP contribution in [-0.4, -0.2) is 66.5 Å². The quantitative estimate of drug-likeness (QED) is 0.784. The molecule has 0 radical (unpaired) electrons.